The van der Waals surface area contributed by atoms with Gasteiger partial charge in [-0.15, -0.1) is 0 Å². The second-order valence-corrected chi connectivity index (χ2v) is 7.10. The number of phenolic OH excluding ortho intramolecular Hbond substituents is 1. The zero-order valence-corrected chi connectivity index (χ0v) is 15.5. The van der Waals surface area contributed by atoms with E-state index in [0.717, 1.165) is 43.9 Å². The number of rotatable bonds is 5. The normalized spacial score (nSPS) is 15.8. The molecule has 2 aromatic rings. The van der Waals surface area contributed by atoms with Gasteiger partial charge >= 0.3 is 0 Å². The van der Waals surface area contributed by atoms with Gasteiger partial charge in [-0.2, -0.15) is 0 Å². The smallest absolute Gasteiger partial charge is 0.255 e. The number of aromatic hydroxyl groups is 1. The van der Waals surface area contributed by atoms with Crippen LogP contribution >= 0.6 is 0 Å². The van der Waals surface area contributed by atoms with Gasteiger partial charge in [-0.25, -0.2) is 0 Å². The molecular weight excluding hydrogens is 326 g/mol. The van der Waals surface area contributed by atoms with Gasteiger partial charge in [-0.3, -0.25) is 9.69 Å². The van der Waals surface area contributed by atoms with Crippen molar-refractivity contribution >= 4 is 5.91 Å². The number of nitrogens with one attached hydrogen (secondary N) is 1. The van der Waals surface area contributed by atoms with Gasteiger partial charge in [-0.05, 0) is 42.8 Å². The molecule has 1 aliphatic rings. The standard InChI is InChI=1S/C21H27N3O2/c1-16-6-7-19(20(25)12-16)21(26)22-14-17-4-3-5-18(13-17)15-24-10-8-23(2)9-11-24/h3-7,12-13,25H,8-11,14-15H2,1-2H3,(H,22,26). The number of aryl methyl sites for hydroxylation is 1. The van der Waals surface area contributed by atoms with Crippen LogP contribution in [0.25, 0.3) is 0 Å². The molecule has 0 unspecified atom stereocenters. The highest BCUT2D eigenvalue weighted by Gasteiger charge is 2.14. The number of amides is 1. The van der Waals surface area contributed by atoms with Crippen LogP contribution in [0.3, 0.4) is 0 Å². The number of carbonyl (C=O) groups excluding carboxylic acids is 1. The molecule has 138 valence electrons. The first kappa shape index (κ1) is 18.4. The van der Waals surface area contributed by atoms with Gasteiger partial charge in [0.25, 0.3) is 5.91 Å². The molecule has 2 N–H and O–H groups in total. The number of hydrogen-bond donors (Lipinski definition) is 2. The number of benzene rings is 2. The zero-order chi connectivity index (χ0) is 18.5. The molecule has 0 radical (unpaired) electrons. The molecule has 26 heavy (non-hydrogen) atoms. The van der Waals surface area contributed by atoms with Crippen LogP contribution in [0.1, 0.15) is 27.0 Å². The molecule has 5 nitrogen and oxygen atoms in total. The maximum atomic E-state index is 12.3. The number of piperazine rings is 1. The minimum absolute atomic E-state index is 0.0197. The Balaban J connectivity index is 1.57. The lowest BCUT2D eigenvalue weighted by atomic mass is 10.1. The largest absolute Gasteiger partial charge is 0.507 e. The van der Waals surface area contributed by atoms with Crippen molar-refractivity contribution in [3.05, 3.63) is 64.7 Å². The molecule has 0 spiro atoms. The molecule has 1 fully saturated rings. The van der Waals surface area contributed by atoms with E-state index in [-0.39, 0.29) is 11.7 Å². The van der Waals surface area contributed by atoms with Crippen molar-refractivity contribution in [2.24, 2.45) is 0 Å². The molecule has 0 aromatic heterocycles. The lowest BCUT2D eigenvalue weighted by molar-refractivity contribution is 0.0948. The molecule has 3 rings (SSSR count). The van der Waals surface area contributed by atoms with Gasteiger partial charge in [0.2, 0.25) is 0 Å². The molecule has 0 atom stereocenters. The number of carbonyl (C=O) groups is 1. The fraction of sp³-hybridized carbons (Fsp3) is 0.381. The first-order chi connectivity index (χ1) is 12.5. The molecule has 5 heteroatoms. The molecule has 2 aromatic carbocycles. The van der Waals surface area contributed by atoms with E-state index in [1.807, 2.05) is 25.1 Å². The Labute approximate surface area is 155 Å². The summed E-state index contributed by atoms with van der Waals surface area (Å²) >= 11 is 0. The third kappa shape index (κ3) is 4.84. The van der Waals surface area contributed by atoms with Crippen molar-refractivity contribution in [2.75, 3.05) is 33.2 Å². The average molecular weight is 353 g/mol. The summed E-state index contributed by atoms with van der Waals surface area (Å²) < 4.78 is 0. The number of hydrogen-bond acceptors (Lipinski definition) is 4. The summed E-state index contributed by atoms with van der Waals surface area (Å²) in [6.07, 6.45) is 0. The third-order valence-corrected chi connectivity index (χ3v) is 4.84. The molecule has 1 aliphatic heterocycles. The number of nitrogens with zero attached hydrogens (tertiary/aromatic N) is 2. The Morgan fingerprint density at radius 2 is 1.81 bits per heavy atom. The van der Waals surface area contributed by atoms with Gasteiger partial charge in [0.15, 0.2) is 0 Å². The Hall–Kier alpha value is -2.37. The molecule has 1 saturated heterocycles. The Bertz CT molecular complexity index is 768. The van der Waals surface area contributed by atoms with E-state index < -0.39 is 0 Å². The summed E-state index contributed by atoms with van der Waals surface area (Å²) in [5.41, 5.74) is 3.57. The summed E-state index contributed by atoms with van der Waals surface area (Å²) in [7, 11) is 2.16. The van der Waals surface area contributed by atoms with Crippen molar-refractivity contribution in [3.63, 3.8) is 0 Å². The highest BCUT2D eigenvalue weighted by Crippen LogP contribution is 2.18. The summed E-state index contributed by atoms with van der Waals surface area (Å²) in [5, 5.41) is 12.8. The fourth-order valence-corrected chi connectivity index (χ4v) is 3.21. The van der Waals surface area contributed by atoms with E-state index in [4.69, 9.17) is 0 Å². The van der Waals surface area contributed by atoms with Crippen LogP contribution in [0.4, 0.5) is 0 Å². The van der Waals surface area contributed by atoms with E-state index in [9.17, 15) is 9.90 Å². The molecule has 1 amide bonds. The highest BCUT2D eigenvalue weighted by molar-refractivity contribution is 5.96. The van der Waals surface area contributed by atoms with Gasteiger partial charge in [0.1, 0.15) is 5.75 Å². The van der Waals surface area contributed by atoms with E-state index in [1.54, 1.807) is 12.1 Å². The van der Waals surface area contributed by atoms with Gasteiger partial charge < -0.3 is 15.3 Å². The van der Waals surface area contributed by atoms with Crippen molar-refractivity contribution in [3.8, 4) is 5.75 Å². The molecule has 1 heterocycles. The molecule has 0 saturated carbocycles. The molecule has 0 bridgehead atoms. The highest BCUT2D eigenvalue weighted by atomic mass is 16.3. The minimum atomic E-state index is -0.257. The SMILES string of the molecule is Cc1ccc(C(=O)NCc2cccc(CN3CCN(C)CC3)c2)c(O)c1. The van der Waals surface area contributed by atoms with Gasteiger partial charge in [-0.1, -0.05) is 30.3 Å². The lowest BCUT2D eigenvalue weighted by Crippen LogP contribution is -2.43. The summed E-state index contributed by atoms with van der Waals surface area (Å²) in [6.45, 7) is 7.66. The minimum Gasteiger partial charge on any atom is -0.507 e. The second-order valence-electron chi connectivity index (χ2n) is 7.10. The summed E-state index contributed by atoms with van der Waals surface area (Å²) in [4.78, 5) is 17.1. The van der Waals surface area contributed by atoms with Crippen LogP contribution in [0, 0.1) is 6.92 Å². The van der Waals surface area contributed by atoms with Crippen LogP contribution < -0.4 is 5.32 Å². The number of likely N-dealkylation sites (N-methyl/N-ethyl adjacent to an activating group) is 1. The van der Waals surface area contributed by atoms with Gasteiger partial charge in [0.05, 0.1) is 5.56 Å². The summed E-state index contributed by atoms with van der Waals surface area (Å²) in [5.74, 6) is -0.238. The van der Waals surface area contributed by atoms with Crippen molar-refractivity contribution < 1.29 is 9.90 Å². The van der Waals surface area contributed by atoms with Crippen molar-refractivity contribution in [1.29, 1.82) is 0 Å². The predicted molar refractivity (Wildman–Crippen MR) is 103 cm³/mol. The van der Waals surface area contributed by atoms with Crippen LogP contribution in [0.15, 0.2) is 42.5 Å². The second kappa shape index (κ2) is 8.34. The topological polar surface area (TPSA) is 55.8 Å². The fourth-order valence-electron chi connectivity index (χ4n) is 3.21. The van der Waals surface area contributed by atoms with Crippen molar-refractivity contribution in [2.45, 2.75) is 20.0 Å². The van der Waals surface area contributed by atoms with E-state index >= 15 is 0 Å². The van der Waals surface area contributed by atoms with Crippen LogP contribution in [0.5, 0.6) is 5.75 Å². The van der Waals surface area contributed by atoms with Crippen molar-refractivity contribution in [1.82, 2.24) is 15.1 Å². The van der Waals surface area contributed by atoms with Crippen LogP contribution in [-0.4, -0.2) is 54.0 Å². The first-order valence-electron chi connectivity index (χ1n) is 9.08. The monoisotopic (exact) mass is 353 g/mol. The Morgan fingerprint density at radius 3 is 2.54 bits per heavy atom. The molecular formula is C21H27N3O2. The van der Waals surface area contributed by atoms with Crippen LogP contribution in [0.2, 0.25) is 0 Å². The van der Waals surface area contributed by atoms with Crippen LogP contribution in [-0.2, 0) is 13.1 Å². The predicted octanol–water partition coefficient (Wildman–Crippen LogP) is 2.38. The first-order valence-corrected chi connectivity index (χ1v) is 9.08. The van der Waals surface area contributed by atoms with E-state index in [0.29, 0.717) is 12.1 Å². The van der Waals surface area contributed by atoms with E-state index in [2.05, 4.69) is 34.3 Å². The Kier molecular flexibility index (Phi) is 5.91. The maximum absolute atomic E-state index is 12.3. The number of phenols is 1. The lowest BCUT2D eigenvalue weighted by Gasteiger charge is -2.32. The molecule has 0 aliphatic carbocycles. The Morgan fingerprint density at radius 1 is 1.08 bits per heavy atom. The zero-order valence-electron chi connectivity index (χ0n) is 15.5. The van der Waals surface area contributed by atoms with Gasteiger partial charge in [0, 0.05) is 39.3 Å². The van der Waals surface area contributed by atoms with E-state index in [1.165, 1.54) is 5.56 Å². The maximum Gasteiger partial charge on any atom is 0.255 e. The average Bonchev–Trinajstić information content (AvgIpc) is 2.62. The third-order valence-electron chi connectivity index (χ3n) is 4.84. The summed E-state index contributed by atoms with van der Waals surface area (Å²) in [6, 6.07) is 13.4. The quantitative estimate of drug-likeness (QED) is 0.867.